The van der Waals surface area contributed by atoms with E-state index in [9.17, 15) is 5.11 Å². The third-order valence-corrected chi connectivity index (χ3v) is 4.13. The average molecular weight is 294 g/mol. The van der Waals surface area contributed by atoms with Crippen molar-refractivity contribution in [1.29, 1.82) is 0 Å². The van der Waals surface area contributed by atoms with Gasteiger partial charge in [0, 0.05) is 6.20 Å². The Morgan fingerprint density at radius 3 is 2.84 bits per heavy atom. The molecular formula is C15H13Cl2NO. The Hall–Kier alpha value is -1.09. The lowest BCUT2D eigenvalue weighted by molar-refractivity contribution is 0.149. The van der Waals surface area contributed by atoms with Crippen LogP contribution < -0.4 is 0 Å². The largest absolute Gasteiger partial charge is 0.387 e. The van der Waals surface area contributed by atoms with Crippen LogP contribution in [0.3, 0.4) is 0 Å². The lowest BCUT2D eigenvalue weighted by Crippen LogP contribution is -2.19. The summed E-state index contributed by atoms with van der Waals surface area (Å²) in [4.78, 5) is 4.13. The van der Waals surface area contributed by atoms with E-state index in [4.69, 9.17) is 23.2 Å². The molecule has 0 radical (unpaired) electrons. The summed E-state index contributed by atoms with van der Waals surface area (Å²) in [6.45, 7) is 0. The molecule has 2 atom stereocenters. The van der Waals surface area contributed by atoms with Gasteiger partial charge in [0.15, 0.2) is 0 Å². The van der Waals surface area contributed by atoms with Crippen LogP contribution in [0, 0.1) is 0 Å². The van der Waals surface area contributed by atoms with E-state index >= 15 is 0 Å². The van der Waals surface area contributed by atoms with Crippen molar-refractivity contribution in [1.82, 2.24) is 4.98 Å². The SMILES string of the molecule is OC(CC1Cc2ccccc21)c1ncc(Cl)cc1Cl. The number of nitrogens with zero attached hydrogens (tertiary/aromatic N) is 1. The van der Waals surface area contributed by atoms with E-state index < -0.39 is 6.10 Å². The second-order valence-electron chi connectivity index (χ2n) is 4.87. The van der Waals surface area contributed by atoms with Crippen LogP contribution in [0.1, 0.15) is 35.3 Å². The van der Waals surface area contributed by atoms with Gasteiger partial charge in [-0.25, -0.2) is 0 Å². The number of benzene rings is 1. The fourth-order valence-corrected chi connectivity index (χ4v) is 3.13. The molecule has 0 aliphatic heterocycles. The van der Waals surface area contributed by atoms with Crippen LogP contribution in [-0.2, 0) is 6.42 Å². The Kier molecular flexibility index (Phi) is 3.48. The molecule has 0 bridgehead atoms. The maximum atomic E-state index is 10.3. The third kappa shape index (κ3) is 2.48. The zero-order chi connectivity index (χ0) is 13.4. The van der Waals surface area contributed by atoms with Gasteiger partial charge in [-0.2, -0.15) is 0 Å². The number of fused-ring (bicyclic) bond motifs is 1. The predicted molar refractivity (Wildman–Crippen MR) is 76.7 cm³/mol. The first-order chi connectivity index (χ1) is 9.15. The van der Waals surface area contributed by atoms with Gasteiger partial charge in [-0.3, -0.25) is 4.98 Å². The van der Waals surface area contributed by atoms with Crippen molar-refractivity contribution in [3.8, 4) is 0 Å². The second-order valence-corrected chi connectivity index (χ2v) is 5.72. The molecule has 1 aliphatic carbocycles. The monoisotopic (exact) mass is 293 g/mol. The predicted octanol–water partition coefficient (Wildman–Crippen LogP) is 4.15. The van der Waals surface area contributed by atoms with Crippen molar-refractivity contribution >= 4 is 23.2 Å². The minimum Gasteiger partial charge on any atom is -0.387 e. The molecule has 0 fully saturated rings. The normalized spacial score (nSPS) is 18.6. The van der Waals surface area contributed by atoms with Crippen LogP contribution in [0.5, 0.6) is 0 Å². The first-order valence-electron chi connectivity index (χ1n) is 6.22. The van der Waals surface area contributed by atoms with E-state index in [1.54, 1.807) is 6.07 Å². The molecule has 2 aromatic rings. The van der Waals surface area contributed by atoms with Crippen molar-refractivity contribution < 1.29 is 5.11 Å². The molecule has 3 rings (SSSR count). The molecule has 1 aromatic heterocycles. The highest BCUT2D eigenvalue weighted by Gasteiger charge is 2.29. The summed E-state index contributed by atoms with van der Waals surface area (Å²) in [5.74, 6) is 0.389. The number of aromatic nitrogens is 1. The smallest absolute Gasteiger partial charge is 0.0980 e. The highest BCUT2D eigenvalue weighted by atomic mass is 35.5. The molecular weight excluding hydrogens is 281 g/mol. The molecule has 19 heavy (non-hydrogen) atoms. The lowest BCUT2D eigenvalue weighted by Gasteiger charge is -2.31. The summed E-state index contributed by atoms with van der Waals surface area (Å²) in [7, 11) is 0. The number of aliphatic hydroxyl groups excluding tert-OH is 1. The van der Waals surface area contributed by atoms with Crippen molar-refractivity contribution in [3.05, 3.63) is 63.4 Å². The Morgan fingerprint density at radius 1 is 1.32 bits per heavy atom. The van der Waals surface area contributed by atoms with Crippen molar-refractivity contribution in [3.63, 3.8) is 0 Å². The van der Waals surface area contributed by atoms with Crippen molar-refractivity contribution in [2.45, 2.75) is 24.9 Å². The second kappa shape index (κ2) is 5.12. The summed E-state index contributed by atoms with van der Waals surface area (Å²) < 4.78 is 0. The molecule has 0 saturated carbocycles. The van der Waals surface area contributed by atoms with Crippen LogP contribution >= 0.6 is 23.2 Å². The van der Waals surface area contributed by atoms with Gasteiger partial charge in [0.2, 0.25) is 0 Å². The van der Waals surface area contributed by atoms with Gasteiger partial charge in [0.05, 0.1) is 21.8 Å². The average Bonchev–Trinajstić information content (AvgIpc) is 2.35. The highest BCUT2D eigenvalue weighted by molar-refractivity contribution is 6.34. The van der Waals surface area contributed by atoms with Crippen molar-refractivity contribution in [2.75, 3.05) is 0 Å². The standard InChI is InChI=1S/C15H13Cl2NO/c16-11-7-13(17)15(18-8-11)14(19)6-10-5-9-3-1-2-4-12(9)10/h1-4,7-8,10,14,19H,5-6H2. The van der Waals surface area contributed by atoms with Crippen LogP contribution in [0.15, 0.2) is 36.5 Å². The fourth-order valence-electron chi connectivity index (χ4n) is 2.62. The molecule has 0 amide bonds. The van der Waals surface area contributed by atoms with E-state index in [0.717, 1.165) is 6.42 Å². The lowest BCUT2D eigenvalue weighted by atomic mass is 9.74. The Morgan fingerprint density at radius 2 is 2.11 bits per heavy atom. The summed E-state index contributed by atoms with van der Waals surface area (Å²) in [5.41, 5.74) is 3.21. The van der Waals surface area contributed by atoms with E-state index in [-0.39, 0.29) is 0 Å². The maximum Gasteiger partial charge on any atom is 0.0980 e. The number of hydrogen-bond donors (Lipinski definition) is 1. The Bertz CT molecular complexity index is 615. The van der Waals surface area contributed by atoms with Gasteiger partial charge >= 0.3 is 0 Å². The molecule has 1 N–H and O–H groups in total. The number of halogens is 2. The molecule has 98 valence electrons. The minimum atomic E-state index is -0.650. The van der Waals surface area contributed by atoms with Gasteiger partial charge in [0.1, 0.15) is 0 Å². The van der Waals surface area contributed by atoms with Crippen LogP contribution in [0.2, 0.25) is 10.0 Å². The van der Waals surface area contributed by atoms with Gasteiger partial charge in [-0.05, 0) is 36.0 Å². The van der Waals surface area contributed by atoms with E-state index in [1.807, 2.05) is 12.1 Å². The summed E-state index contributed by atoms with van der Waals surface area (Å²) in [5, 5.41) is 11.2. The quantitative estimate of drug-likeness (QED) is 0.922. The van der Waals surface area contributed by atoms with Gasteiger partial charge < -0.3 is 5.11 Å². The molecule has 4 heteroatoms. The van der Waals surface area contributed by atoms with E-state index in [1.165, 1.54) is 17.3 Å². The Balaban J connectivity index is 1.75. The maximum absolute atomic E-state index is 10.3. The summed E-state index contributed by atoms with van der Waals surface area (Å²) >= 11 is 11.9. The van der Waals surface area contributed by atoms with Crippen LogP contribution in [0.25, 0.3) is 0 Å². The minimum absolute atomic E-state index is 0.389. The van der Waals surface area contributed by atoms with Gasteiger partial charge in [-0.1, -0.05) is 47.5 Å². The molecule has 0 spiro atoms. The van der Waals surface area contributed by atoms with Gasteiger partial charge in [0.25, 0.3) is 0 Å². The van der Waals surface area contributed by atoms with Crippen LogP contribution in [-0.4, -0.2) is 10.1 Å². The van der Waals surface area contributed by atoms with Crippen molar-refractivity contribution in [2.24, 2.45) is 0 Å². The van der Waals surface area contributed by atoms with E-state index in [0.29, 0.717) is 28.1 Å². The number of aliphatic hydroxyl groups is 1. The molecule has 1 aromatic carbocycles. The topological polar surface area (TPSA) is 33.1 Å². The zero-order valence-electron chi connectivity index (χ0n) is 10.2. The summed E-state index contributed by atoms with van der Waals surface area (Å²) in [6.07, 6.45) is 2.52. The first kappa shape index (κ1) is 12.9. The molecule has 2 unspecified atom stereocenters. The third-order valence-electron chi connectivity index (χ3n) is 3.62. The fraction of sp³-hybridized carbons (Fsp3) is 0.267. The first-order valence-corrected chi connectivity index (χ1v) is 6.97. The molecule has 1 heterocycles. The van der Waals surface area contributed by atoms with Gasteiger partial charge in [-0.15, -0.1) is 0 Å². The molecule has 1 aliphatic rings. The Labute approximate surface area is 122 Å². The van der Waals surface area contributed by atoms with Crippen LogP contribution in [0.4, 0.5) is 0 Å². The molecule has 2 nitrogen and oxygen atoms in total. The van der Waals surface area contributed by atoms with E-state index in [2.05, 4.69) is 17.1 Å². The summed E-state index contributed by atoms with van der Waals surface area (Å²) in [6, 6.07) is 9.94. The number of hydrogen-bond acceptors (Lipinski definition) is 2. The number of rotatable bonds is 3. The molecule has 0 saturated heterocycles. The zero-order valence-corrected chi connectivity index (χ0v) is 11.7. The number of pyridine rings is 1. The highest BCUT2D eigenvalue weighted by Crippen LogP contribution is 2.41.